The summed E-state index contributed by atoms with van der Waals surface area (Å²) in [6.45, 7) is 2.97. The Balaban J connectivity index is 1.82. The van der Waals surface area contributed by atoms with E-state index in [0.717, 1.165) is 37.2 Å². The lowest BCUT2D eigenvalue weighted by Crippen LogP contribution is -2.48. The van der Waals surface area contributed by atoms with Crippen LogP contribution in [0.15, 0.2) is 18.2 Å². The Morgan fingerprint density at radius 3 is 2.81 bits per heavy atom. The van der Waals surface area contributed by atoms with Crippen molar-refractivity contribution < 1.29 is 9.53 Å². The van der Waals surface area contributed by atoms with Crippen LogP contribution in [0.25, 0.3) is 0 Å². The van der Waals surface area contributed by atoms with Gasteiger partial charge in [-0.25, -0.2) is 4.79 Å². The number of ether oxygens (including phenoxy) is 1. The van der Waals surface area contributed by atoms with E-state index in [4.69, 9.17) is 4.74 Å². The second kappa shape index (κ2) is 5.96. The van der Waals surface area contributed by atoms with Gasteiger partial charge in [-0.05, 0) is 36.8 Å². The number of anilines is 1. The van der Waals surface area contributed by atoms with E-state index in [0.29, 0.717) is 12.0 Å². The van der Waals surface area contributed by atoms with Gasteiger partial charge in [0, 0.05) is 18.7 Å². The predicted molar refractivity (Wildman–Crippen MR) is 84.0 cm³/mol. The van der Waals surface area contributed by atoms with Crippen molar-refractivity contribution in [2.45, 2.75) is 45.1 Å². The Hall–Kier alpha value is -1.71. The maximum absolute atomic E-state index is 12.6. The third-order valence-corrected chi connectivity index (χ3v) is 4.57. The number of nitrogens with zero attached hydrogens (tertiary/aromatic N) is 1. The highest BCUT2D eigenvalue weighted by Crippen LogP contribution is 2.33. The van der Waals surface area contributed by atoms with Crippen molar-refractivity contribution in [1.82, 2.24) is 5.32 Å². The lowest BCUT2D eigenvalue weighted by atomic mass is 9.94. The lowest BCUT2D eigenvalue weighted by molar-refractivity contribution is 0.241. The van der Waals surface area contributed by atoms with Crippen LogP contribution in [0, 0.1) is 5.92 Å². The molecule has 1 unspecified atom stereocenters. The molecule has 4 nitrogen and oxygen atoms in total. The molecule has 114 valence electrons. The average Bonchev–Trinajstić information content (AvgIpc) is 2.98. The van der Waals surface area contributed by atoms with Gasteiger partial charge in [-0.15, -0.1) is 0 Å². The Bertz CT molecular complexity index is 524. The van der Waals surface area contributed by atoms with Gasteiger partial charge in [0.05, 0.1) is 12.8 Å². The fraction of sp³-hybridized carbons (Fsp3) is 0.588. The van der Waals surface area contributed by atoms with Crippen LogP contribution in [0.1, 0.15) is 38.2 Å². The number of benzene rings is 1. The third-order valence-electron chi connectivity index (χ3n) is 4.57. The van der Waals surface area contributed by atoms with E-state index in [1.54, 1.807) is 7.11 Å². The monoisotopic (exact) mass is 288 g/mol. The Morgan fingerprint density at radius 1 is 1.33 bits per heavy atom. The maximum Gasteiger partial charge on any atom is 0.322 e. The first kappa shape index (κ1) is 14.2. The summed E-state index contributed by atoms with van der Waals surface area (Å²) in [4.78, 5) is 14.5. The van der Waals surface area contributed by atoms with Gasteiger partial charge < -0.3 is 10.1 Å². The molecular formula is C17H24N2O2. The van der Waals surface area contributed by atoms with Crippen molar-refractivity contribution in [3.8, 4) is 5.75 Å². The zero-order chi connectivity index (χ0) is 14.8. The van der Waals surface area contributed by atoms with Crippen LogP contribution in [-0.4, -0.2) is 25.7 Å². The van der Waals surface area contributed by atoms with Crippen molar-refractivity contribution in [3.63, 3.8) is 0 Å². The van der Waals surface area contributed by atoms with E-state index in [9.17, 15) is 4.79 Å². The van der Waals surface area contributed by atoms with Crippen LogP contribution >= 0.6 is 0 Å². The molecule has 1 aliphatic carbocycles. The first-order valence-electron chi connectivity index (χ1n) is 7.92. The van der Waals surface area contributed by atoms with E-state index < -0.39 is 0 Å². The quantitative estimate of drug-likeness (QED) is 0.906. The smallest absolute Gasteiger partial charge is 0.322 e. The number of hydrogen-bond donors (Lipinski definition) is 1. The van der Waals surface area contributed by atoms with E-state index >= 15 is 0 Å². The number of hydrogen-bond acceptors (Lipinski definition) is 2. The van der Waals surface area contributed by atoms with Gasteiger partial charge in [-0.2, -0.15) is 0 Å². The van der Waals surface area contributed by atoms with E-state index in [1.807, 2.05) is 17.0 Å². The molecule has 1 heterocycles. The molecule has 0 aromatic heterocycles. The standard InChI is InChI=1S/C17H24N2O2/c1-12-9-13-7-8-15(21-2)10-16(13)19(11-12)17(20)18-14-5-3-4-6-14/h7-8,10,12,14H,3-6,9,11H2,1-2H3,(H,18,20). The molecule has 0 saturated heterocycles. The van der Waals surface area contributed by atoms with Crippen LogP contribution in [0.5, 0.6) is 5.75 Å². The van der Waals surface area contributed by atoms with Gasteiger partial charge in [0.15, 0.2) is 0 Å². The fourth-order valence-corrected chi connectivity index (χ4v) is 3.46. The van der Waals surface area contributed by atoms with Crippen molar-refractivity contribution in [1.29, 1.82) is 0 Å². The molecule has 1 N–H and O–H groups in total. The summed E-state index contributed by atoms with van der Waals surface area (Å²) in [5.41, 5.74) is 2.24. The van der Waals surface area contributed by atoms with E-state index in [2.05, 4.69) is 18.3 Å². The topological polar surface area (TPSA) is 41.6 Å². The lowest BCUT2D eigenvalue weighted by Gasteiger charge is -2.34. The number of amides is 2. The molecule has 1 atom stereocenters. The van der Waals surface area contributed by atoms with Crippen molar-refractivity contribution in [2.75, 3.05) is 18.6 Å². The summed E-state index contributed by atoms with van der Waals surface area (Å²) < 4.78 is 5.31. The van der Waals surface area contributed by atoms with Crippen LogP contribution < -0.4 is 15.0 Å². The van der Waals surface area contributed by atoms with Gasteiger partial charge in [0.2, 0.25) is 0 Å². The normalized spacial score (nSPS) is 22.0. The average molecular weight is 288 g/mol. The largest absolute Gasteiger partial charge is 0.497 e. The molecule has 21 heavy (non-hydrogen) atoms. The molecule has 2 aliphatic rings. The summed E-state index contributed by atoms with van der Waals surface area (Å²) >= 11 is 0. The molecule has 3 rings (SSSR count). The molecule has 0 radical (unpaired) electrons. The van der Waals surface area contributed by atoms with Gasteiger partial charge in [0.25, 0.3) is 0 Å². The number of urea groups is 1. The minimum absolute atomic E-state index is 0.0444. The zero-order valence-corrected chi connectivity index (χ0v) is 12.9. The summed E-state index contributed by atoms with van der Waals surface area (Å²) in [5, 5.41) is 3.19. The van der Waals surface area contributed by atoms with Crippen LogP contribution in [0.4, 0.5) is 10.5 Å². The number of carbonyl (C=O) groups excluding carboxylic acids is 1. The van der Waals surface area contributed by atoms with Crippen LogP contribution in [0.2, 0.25) is 0 Å². The van der Waals surface area contributed by atoms with Gasteiger partial charge in [0.1, 0.15) is 5.75 Å². The molecule has 1 saturated carbocycles. The highest BCUT2D eigenvalue weighted by atomic mass is 16.5. The number of carbonyl (C=O) groups is 1. The van der Waals surface area contributed by atoms with Gasteiger partial charge in [-0.3, -0.25) is 4.90 Å². The molecule has 1 aliphatic heterocycles. The fourth-order valence-electron chi connectivity index (χ4n) is 3.46. The van der Waals surface area contributed by atoms with Crippen molar-refractivity contribution in [2.24, 2.45) is 5.92 Å². The van der Waals surface area contributed by atoms with Crippen molar-refractivity contribution >= 4 is 11.7 Å². The number of rotatable bonds is 2. The SMILES string of the molecule is COc1ccc2c(c1)N(C(=O)NC1CCCC1)CC(C)C2. The molecule has 4 heteroatoms. The van der Waals surface area contributed by atoms with Crippen molar-refractivity contribution in [3.05, 3.63) is 23.8 Å². The molecule has 0 bridgehead atoms. The van der Waals surface area contributed by atoms with Crippen LogP contribution in [-0.2, 0) is 6.42 Å². The zero-order valence-electron chi connectivity index (χ0n) is 12.9. The predicted octanol–water partition coefficient (Wildman–Crippen LogP) is 3.35. The summed E-state index contributed by atoms with van der Waals surface area (Å²) in [6, 6.07) is 6.44. The highest BCUT2D eigenvalue weighted by molar-refractivity contribution is 5.93. The first-order valence-corrected chi connectivity index (χ1v) is 7.92. The second-order valence-electron chi connectivity index (χ2n) is 6.35. The number of methoxy groups -OCH3 is 1. The number of fused-ring (bicyclic) bond motifs is 1. The third kappa shape index (κ3) is 2.99. The molecule has 0 spiro atoms. The Kier molecular flexibility index (Phi) is 4.04. The van der Waals surface area contributed by atoms with E-state index in [-0.39, 0.29) is 6.03 Å². The minimum atomic E-state index is 0.0444. The van der Waals surface area contributed by atoms with Crippen LogP contribution in [0.3, 0.4) is 0 Å². The van der Waals surface area contributed by atoms with E-state index in [1.165, 1.54) is 18.4 Å². The van der Waals surface area contributed by atoms with Gasteiger partial charge >= 0.3 is 6.03 Å². The molecular weight excluding hydrogens is 264 g/mol. The first-order chi connectivity index (χ1) is 10.2. The molecule has 2 amide bonds. The summed E-state index contributed by atoms with van der Waals surface area (Å²) in [6.07, 6.45) is 5.70. The molecule has 1 fully saturated rings. The Labute approximate surface area is 126 Å². The Morgan fingerprint density at radius 2 is 2.10 bits per heavy atom. The second-order valence-corrected chi connectivity index (χ2v) is 6.35. The summed E-state index contributed by atoms with van der Waals surface area (Å²) in [5.74, 6) is 1.29. The maximum atomic E-state index is 12.6. The molecule has 1 aromatic rings. The molecule has 1 aromatic carbocycles. The highest BCUT2D eigenvalue weighted by Gasteiger charge is 2.28. The van der Waals surface area contributed by atoms with Gasteiger partial charge in [-0.1, -0.05) is 25.8 Å². The summed E-state index contributed by atoms with van der Waals surface area (Å²) in [7, 11) is 1.66. The number of nitrogens with one attached hydrogen (secondary N) is 1. The minimum Gasteiger partial charge on any atom is -0.497 e.